The number of anilines is 1. The van der Waals surface area contributed by atoms with E-state index in [2.05, 4.69) is 43.0 Å². The van der Waals surface area contributed by atoms with Crippen molar-refractivity contribution in [1.82, 2.24) is 0 Å². The first-order valence-electron chi connectivity index (χ1n) is 6.27. The molecule has 1 rings (SSSR count). The van der Waals surface area contributed by atoms with Crippen molar-refractivity contribution in [3.05, 3.63) is 29.8 Å². The van der Waals surface area contributed by atoms with Gasteiger partial charge in [0.1, 0.15) is 0 Å². The van der Waals surface area contributed by atoms with Crippen molar-refractivity contribution < 1.29 is 4.74 Å². The zero-order chi connectivity index (χ0) is 12.7. The van der Waals surface area contributed by atoms with Crippen molar-refractivity contribution in [2.45, 2.75) is 32.9 Å². The smallest absolute Gasteiger partial charge is 0.0663 e. The fourth-order valence-corrected chi connectivity index (χ4v) is 2.00. The Balaban J connectivity index is 2.80. The number of benzene rings is 1. The van der Waals surface area contributed by atoms with Gasteiger partial charge in [0.25, 0.3) is 0 Å². The summed E-state index contributed by atoms with van der Waals surface area (Å²) in [5, 5.41) is 0. The van der Waals surface area contributed by atoms with Gasteiger partial charge >= 0.3 is 0 Å². The molecule has 1 unspecified atom stereocenters. The van der Waals surface area contributed by atoms with Gasteiger partial charge in [0, 0.05) is 31.9 Å². The highest BCUT2D eigenvalue weighted by atomic mass is 16.5. The molecule has 0 spiro atoms. The zero-order valence-electron chi connectivity index (χ0n) is 11.1. The number of hydrogen-bond acceptors (Lipinski definition) is 3. The van der Waals surface area contributed by atoms with Gasteiger partial charge < -0.3 is 15.4 Å². The molecule has 1 aromatic carbocycles. The Kier molecular flexibility index (Phi) is 6.01. The highest BCUT2D eigenvalue weighted by Crippen LogP contribution is 2.18. The molecule has 0 fully saturated rings. The van der Waals surface area contributed by atoms with Crippen LogP contribution in [-0.2, 0) is 11.3 Å². The Morgan fingerprint density at radius 2 is 1.94 bits per heavy atom. The minimum Gasteiger partial charge on any atom is -0.383 e. The van der Waals surface area contributed by atoms with E-state index in [0.29, 0.717) is 12.6 Å². The third kappa shape index (κ3) is 4.02. The lowest BCUT2D eigenvalue weighted by Crippen LogP contribution is -2.36. The maximum absolute atomic E-state index is 5.61. The molecular formula is C14H24N2O. The van der Waals surface area contributed by atoms with Crippen LogP contribution in [0.1, 0.15) is 25.8 Å². The molecule has 0 amide bonds. The average molecular weight is 236 g/mol. The van der Waals surface area contributed by atoms with Gasteiger partial charge in [0.05, 0.1) is 6.61 Å². The van der Waals surface area contributed by atoms with Crippen LogP contribution >= 0.6 is 0 Å². The summed E-state index contributed by atoms with van der Waals surface area (Å²) in [5.74, 6) is 0. The van der Waals surface area contributed by atoms with E-state index in [1.165, 1.54) is 11.3 Å². The topological polar surface area (TPSA) is 38.5 Å². The molecule has 0 aliphatic heterocycles. The Morgan fingerprint density at radius 1 is 1.29 bits per heavy atom. The van der Waals surface area contributed by atoms with E-state index in [1.54, 1.807) is 7.11 Å². The van der Waals surface area contributed by atoms with Gasteiger partial charge in [-0.1, -0.05) is 19.1 Å². The van der Waals surface area contributed by atoms with E-state index in [-0.39, 0.29) is 0 Å². The number of hydrogen-bond donors (Lipinski definition) is 1. The summed E-state index contributed by atoms with van der Waals surface area (Å²) >= 11 is 0. The largest absolute Gasteiger partial charge is 0.383 e. The van der Waals surface area contributed by atoms with Crippen LogP contribution in [0.5, 0.6) is 0 Å². The molecule has 1 atom stereocenters. The van der Waals surface area contributed by atoms with Gasteiger partial charge in [-0.15, -0.1) is 0 Å². The van der Waals surface area contributed by atoms with E-state index in [4.69, 9.17) is 10.5 Å². The lowest BCUT2D eigenvalue weighted by Gasteiger charge is -2.30. The van der Waals surface area contributed by atoms with Crippen molar-refractivity contribution in [2.75, 3.05) is 25.2 Å². The highest BCUT2D eigenvalue weighted by molar-refractivity contribution is 5.48. The maximum atomic E-state index is 5.61. The second kappa shape index (κ2) is 7.30. The third-order valence-corrected chi connectivity index (χ3v) is 2.91. The zero-order valence-corrected chi connectivity index (χ0v) is 11.1. The first-order valence-corrected chi connectivity index (χ1v) is 6.27. The Hall–Kier alpha value is -1.06. The van der Waals surface area contributed by atoms with Crippen LogP contribution in [0.3, 0.4) is 0 Å². The molecule has 0 heterocycles. The predicted molar refractivity (Wildman–Crippen MR) is 73.3 cm³/mol. The Bertz CT molecular complexity index is 311. The second-order valence-electron chi connectivity index (χ2n) is 4.37. The molecule has 0 saturated heterocycles. The van der Waals surface area contributed by atoms with E-state index in [0.717, 1.165) is 19.6 Å². The summed E-state index contributed by atoms with van der Waals surface area (Å²) in [4.78, 5) is 2.38. The van der Waals surface area contributed by atoms with Crippen LogP contribution in [0, 0.1) is 0 Å². The fourth-order valence-electron chi connectivity index (χ4n) is 2.00. The summed E-state index contributed by atoms with van der Waals surface area (Å²) in [6.45, 7) is 6.78. The minimum atomic E-state index is 0.392. The summed E-state index contributed by atoms with van der Waals surface area (Å²) in [7, 11) is 1.75. The quantitative estimate of drug-likeness (QED) is 0.790. The molecule has 96 valence electrons. The van der Waals surface area contributed by atoms with E-state index >= 15 is 0 Å². The molecular weight excluding hydrogens is 212 g/mol. The Morgan fingerprint density at radius 3 is 2.41 bits per heavy atom. The van der Waals surface area contributed by atoms with Crippen molar-refractivity contribution in [2.24, 2.45) is 5.73 Å². The van der Waals surface area contributed by atoms with Gasteiger partial charge in [0.15, 0.2) is 0 Å². The summed E-state index contributed by atoms with van der Waals surface area (Å²) in [6.07, 6.45) is 1.13. The van der Waals surface area contributed by atoms with Gasteiger partial charge in [-0.2, -0.15) is 0 Å². The molecule has 0 saturated carbocycles. The molecule has 0 bridgehead atoms. The van der Waals surface area contributed by atoms with Gasteiger partial charge in [-0.3, -0.25) is 0 Å². The van der Waals surface area contributed by atoms with E-state index < -0.39 is 0 Å². The third-order valence-electron chi connectivity index (χ3n) is 2.91. The number of methoxy groups -OCH3 is 1. The van der Waals surface area contributed by atoms with Gasteiger partial charge in [-0.25, -0.2) is 0 Å². The minimum absolute atomic E-state index is 0.392. The van der Waals surface area contributed by atoms with Crippen molar-refractivity contribution in [3.63, 3.8) is 0 Å². The SMILES string of the molecule is CCCN(c1ccc(CN)cc1)C(C)COC. The predicted octanol–water partition coefficient (Wildman–Crippen LogP) is 2.40. The summed E-state index contributed by atoms with van der Waals surface area (Å²) in [6, 6.07) is 8.87. The average Bonchev–Trinajstić information content (AvgIpc) is 2.36. The molecule has 0 aromatic heterocycles. The van der Waals surface area contributed by atoms with Crippen molar-refractivity contribution >= 4 is 5.69 Å². The first-order chi connectivity index (χ1) is 8.22. The second-order valence-corrected chi connectivity index (χ2v) is 4.37. The molecule has 2 N–H and O–H groups in total. The molecule has 0 aliphatic carbocycles. The molecule has 3 nitrogen and oxygen atoms in total. The van der Waals surface area contributed by atoms with Crippen LogP contribution < -0.4 is 10.6 Å². The lowest BCUT2D eigenvalue weighted by atomic mass is 10.1. The van der Waals surface area contributed by atoms with Crippen LogP contribution in [0.4, 0.5) is 5.69 Å². The van der Waals surface area contributed by atoms with Gasteiger partial charge in [-0.05, 0) is 31.0 Å². The van der Waals surface area contributed by atoms with E-state index in [9.17, 15) is 0 Å². The lowest BCUT2D eigenvalue weighted by molar-refractivity contribution is 0.181. The number of nitrogens with zero attached hydrogens (tertiary/aromatic N) is 1. The maximum Gasteiger partial charge on any atom is 0.0663 e. The summed E-state index contributed by atoms with van der Waals surface area (Å²) in [5.41, 5.74) is 8.02. The van der Waals surface area contributed by atoms with Crippen LogP contribution in [0.15, 0.2) is 24.3 Å². The molecule has 1 aromatic rings. The number of rotatable bonds is 7. The fraction of sp³-hybridized carbons (Fsp3) is 0.571. The number of nitrogens with two attached hydrogens (primary N) is 1. The van der Waals surface area contributed by atoms with Crippen LogP contribution in [-0.4, -0.2) is 26.3 Å². The Labute approximate surface area is 105 Å². The van der Waals surface area contributed by atoms with Crippen molar-refractivity contribution in [3.8, 4) is 0 Å². The molecule has 0 radical (unpaired) electrons. The monoisotopic (exact) mass is 236 g/mol. The van der Waals surface area contributed by atoms with Crippen LogP contribution in [0.2, 0.25) is 0 Å². The normalized spacial score (nSPS) is 12.5. The molecule has 3 heteroatoms. The summed E-state index contributed by atoms with van der Waals surface area (Å²) < 4.78 is 5.24. The van der Waals surface area contributed by atoms with Crippen molar-refractivity contribution in [1.29, 1.82) is 0 Å². The highest BCUT2D eigenvalue weighted by Gasteiger charge is 2.13. The number of ether oxygens (including phenoxy) is 1. The standard InChI is InChI=1S/C14H24N2O/c1-4-9-16(12(2)11-17-3)14-7-5-13(10-15)6-8-14/h5-8,12H,4,9-11,15H2,1-3H3. The van der Waals surface area contributed by atoms with Crippen LogP contribution in [0.25, 0.3) is 0 Å². The van der Waals surface area contributed by atoms with Gasteiger partial charge in [0.2, 0.25) is 0 Å². The molecule has 0 aliphatic rings. The van der Waals surface area contributed by atoms with E-state index in [1.807, 2.05) is 0 Å². The molecule has 17 heavy (non-hydrogen) atoms. The first kappa shape index (κ1) is 14.0.